The van der Waals surface area contributed by atoms with Crippen LogP contribution in [-0.2, 0) is 13.5 Å². The highest BCUT2D eigenvalue weighted by atomic mass is 16.3. The lowest BCUT2D eigenvalue weighted by molar-refractivity contribution is -0.0168. The Balaban J connectivity index is 1.48. The molecule has 1 aliphatic heterocycles. The second-order valence-corrected chi connectivity index (χ2v) is 7.06. The van der Waals surface area contributed by atoms with Gasteiger partial charge in [0.2, 0.25) is 5.76 Å². The molecule has 1 aromatic carbocycles. The summed E-state index contributed by atoms with van der Waals surface area (Å²) in [4.78, 5) is 17.9. The molecular weight excluding hydrogens is 344 g/mol. The van der Waals surface area contributed by atoms with Gasteiger partial charge in [-0.25, -0.2) is 4.98 Å². The number of carbonyl (C=O) groups is 1. The molecule has 0 aliphatic carbocycles. The molecule has 1 fully saturated rings. The molecule has 0 atom stereocenters. The van der Waals surface area contributed by atoms with E-state index in [4.69, 9.17) is 4.42 Å². The zero-order chi connectivity index (χ0) is 18.9. The summed E-state index contributed by atoms with van der Waals surface area (Å²) in [5.41, 5.74) is 2.34. The van der Waals surface area contributed by atoms with Crippen LogP contribution in [0.3, 0.4) is 0 Å². The number of benzene rings is 1. The Morgan fingerprint density at radius 3 is 2.70 bits per heavy atom. The molecule has 140 valence electrons. The van der Waals surface area contributed by atoms with Crippen LogP contribution in [0.1, 0.15) is 29.0 Å². The third-order valence-corrected chi connectivity index (χ3v) is 5.26. The average molecular weight is 366 g/mol. The van der Waals surface area contributed by atoms with Gasteiger partial charge < -0.3 is 14.4 Å². The topological polar surface area (TPSA) is 84.4 Å². The first-order valence-electron chi connectivity index (χ1n) is 9.02. The minimum Gasteiger partial charge on any atom is -0.438 e. The molecule has 0 radical (unpaired) electrons. The summed E-state index contributed by atoms with van der Waals surface area (Å²) in [6.07, 6.45) is 6.03. The quantitative estimate of drug-likeness (QED) is 0.766. The largest absolute Gasteiger partial charge is 0.438 e. The zero-order valence-corrected chi connectivity index (χ0v) is 15.2. The normalized spacial score (nSPS) is 16.4. The van der Waals surface area contributed by atoms with E-state index in [0.29, 0.717) is 32.4 Å². The number of hydrogen-bond acceptors (Lipinski definition) is 5. The minimum atomic E-state index is -0.840. The Hall–Kier alpha value is -2.93. The predicted molar refractivity (Wildman–Crippen MR) is 98.9 cm³/mol. The van der Waals surface area contributed by atoms with Crippen LogP contribution in [0.15, 0.2) is 53.5 Å². The number of piperidine rings is 1. The second-order valence-electron chi connectivity index (χ2n) is 7.06. The van der Waals surface area contributed by atoms with E-state index in [9.17, 15) is 9.90 Å². The molecule has 0 unspecified atom stereocenters. The molecule has 1 amide bonds. The molecule has 0 spiro atoms. The molecule has 2 aromatic heterocycles. The van der Waals surface area contributed by atoms with Crippen molar-refractivity contribution < 1.29 is 14.3 Å². The van der Waals surface area contributed by atoms with Crippen LogP contribution in [-0.4, -0.2) is 49.4 Å². The van der Waals surface area contributed by atoms with E-state index < -0.39 is 5.60 Å². The van der Waals surface area contributed by atoms with Crippen molar-refractivity contribution in [1.82, 2.24) is 19.7 Å². The van der Waals surface area contributed by atoms with E-state index in [1.54, 1.807) is 11.1 Å². The molecule has 3 heterocycles. The van der Waals surface area contributed by atoms with Crippen LogP contribution in [0, 0.1) is 0 Å². The maximum atomic E-state index is 12.4. The Bertz CT molecular complexity index is 924. The summed E-state index contributed by atoms with van der Waals surface area (Å²) < 4.78 is 6.93. The fraction of sp³-hybridized carbons (Fsp3) is 0.350. The first-order chi connectivity index (χ1) is 13.1. The number of aliphatic hydroxyl groups is 1. The number of aryl methyl sites for hydroxylation is 1. The van der Waals surface area contributed by atoms with E-state index >= 15 is 0 Å². The third-order valence-electron chi connectivity index (χ3n) is 5.26. The maximum absolute atomic E-state index is 12.4. The SMILES string of the molecule is Cn1nccc1-c1ccccc1CC1(O)CCN(C(=O)c2cnco2)CC1. The van der Waals surface area contributed by atoms with Gasteiger partial charge in [-0.1, -0.05) is 24.3 Å². The smallest absolute Gasteiger partial charge is 0.291 e. The Labute approximate surface area is 157 Å². The number of oxazole rings is 1. The van der Waals surface area contributed by atoms with E-state index in [1.807, 2.05) is 36.0 Å². The van der Waals surface area contributed by atoms with E-state index in [-0.39, 0.29) is 11.7 Å². The number of amides is 1. The van der Waals surface area contributed by atoms with E-state index in [2.05, 4.69) is 16.1 Å². The number of aromatic nitrogens is 3. The Kier molecular flexibility index (Phi) is 4.53. The predicted octanol–water partition coefficient (Wildman–Crippen LogP) is 2.28. The number of likely N-dealkylation sites (tertiary alicyclic amines) is 1. The second kappa shape index (κ2) is 7.00. The molecule has 27 heavy (non-hydrogen) atoms. The van der Waals surface area contributed by atoms with Gasteiger partial charge in [-0.15, -0.1) is 0 Å². The summed E-state index contributed by atoms with van der Waals surface area (Å²) in [5.74, 6) is 0.0619. The van der Waals surface area contributed by atoms with E-state index in [1.165, 1.54) is 12.6 Å². The van der Waals surface area contributed by atoms with Crippen LogP contribution in [0.2, 0.25) is 0 Å². The summed E-state index contributed by atoms with van der Waals surface area (Å²) in [5, 5.41) is 15.4. The lowest BCUT2D eigenvalue weighted by atomic mass is 9.83. The van der Waals surface area contributed by atoms with Gasteiger partial charge >= 0.3 is 0 Å². The molecule has 0 bridgehead atoms. The summed E-state index contributed by atoms with van der Waals surface area (Å²) in [7, 11) is 1.91. The van der Waals surface area contributed by atoms with Gasteiger partial charge in [-0.2, -0.15) is 5.10 Å². The molecule has 4 rings (SSSR count). The van der Waals surface area contributed by atoms with Crippen molar-refractivity contribution in [1.29, 1.82) is 0 Å². The lowest BCUT2D eigenvalue weighted by Crippen LogP contribution is -2.47. The first-order valence-corrected chi connectivity index (χ1v) is 9.02. The molecule has 7 heteroatoms. The van der Waals surface area contributed by atoms with Gasteiger partial charge in [-0.3, -0.25) is 9.48 Å². The van der Waals surface area contributed by atoms with Crippen LogP contribution >= 0.6 is 0 Å². The van der Waals surface area contributed by atoms with Crippen LogP contribution in [0.25, 0.3) is 11.3 Å². The van der Waals surface area contributed by atoms with Gasteiger partial charge in [0.1, 0.15) is 0 Å². The van der Waals surface area contributed by atoms with Gasteiger partial charge in [-0.05, 0) is 24.5 Å². The molecule has 1 saturated heterocycles. The van der Waals surface area contributed by atoms with Crippen molar-refractivity contribution in [2.75, 3.05) is 13.1 Å². The highest BCUT2D eigenvalue weighted by Crippen LogP contribution is 2.31. The molecule has 3 aromatic rings. The maximum Gasteiger partial charge on any atom is 0.291 e. The van der Waals surface area contributed by atoms with Gasteiger partial charge in [0.05, 0.1) is 17.5 Å². The monoisotopic (exact) mass is 366 g/mol. The Morgan fingerprint density at radius 2 is 2.04 bits per heavy atom. The highest BCUT2D eigenvalue weighted by molar-refractivity contribution is 5.91. The summed E-state index contributed by atoms with van der Waals surface area (Å²) in [6, 6.07) is 10.1. The van der Waals surface area contributed by atoms with Crippen LogP contribution < -0.4 is 0 Å². The van der Waals surface area contributed by atoms with Crippen molar-refractivity contribution in [3.05, 3.63) is 60.4 Å². The Morgan fingerprint density at radius 1 is 1.26 bits per heavy atom. The van der Waals surface area contributed by atoms with Gasteiger partial charge in [0.15, 0.2) is 6.39 Å². The number of nitrogens with zero attached hydrogens (tertiary/aromatic N) is 4. The zero-order valence-electron chi connectivity index (χ0n) is 15.2. The molecule has 1 aliphatic rings. The fourth-order valence-electron chi connectivity index (χ4n) is 3.70. The lowest BCUT2D eigenvalue weighted by Gasteiger charge is -2.38. The van der Waals surface area contributed by atoms with Gasteiger partial charge in [0.25, 0.3) is 5.91 Å². The minimum absolute atomic E-state index is 0.176. The molecule has 1 N–H and O–H groups in total. The summed E-state index contributed by atoms with van der Waals surface area (Å²) >= 11 is 0. The first kappa shape index (κ1) is 17.5. The van der Waals surface area contributed by atoms with Crippen molar-refractivity contribution in [2.24, 2.45) is 7.05 Å². The third kappa shape index (κ3) is 3.50. The number of hydrogen-bond donors (Lipinski definition) is 1. The van der Waals surface area contributed by atoms with Crippen molar-refractivity contribution in [3.8, 4) is 11.3 Å². The molecule has 0 saturated carbocycles. The summed E-state index contributed by atoms with van der Waals surface area (Å²) in [6.45, 7) is 0.980. The molecular formula is C20H22N4O3. The van der Waals surface area contributed by atoms with Crippen molar-refractivity contribution in [3.63, 3.8) is 0 Å². The van der Waals surface area contributed by atoms with Crippen LogP contribution in [0.4, 0.5) is 0 Å². The van der Waals surface area contributed by atoms with Gasteiger partial charge in [0, 0.05) is 38.3 Å². The number of carbonyl (C=O) groups excluding carboxylic acids is 1. The fourth-order valence-corrected chi connectivity index (χ4v) is 3.70. The average Bonchev–Trinajstić information content (AvgIpc) is 3.34. The number of rotatable bonds is 4. The van der Waals surface area contributed by atoms with Crippen LogP contribution in [0.5, 0.6) is 0 Å². The molecule has 7 nitrogen and oxygen atoms in total. The van der Waals surface area contributed by atoms with Crippen molar-refractivity contribution >= 4 is 5.91 Å². The highest BCUT2D eigenvalue weighted by Gasteiger charge is 2.35. The van der Waals surface area contributed by atoms with Crippen molar-refractivity contribution in [2.45, 2.75) is 24.9 Å². The van der Waals surface area contributed by atoms with E-state index in [0.717, 1.165) is 16.8 Å². The standard InChI is InChI=1S/C20H22N4O3/c1-23-17(6-9-22-23)16-5-3-2-4-15(16)12-20(26)7-10-24(11-8-20)19(25)18-13-21-14-27-18/h2-6,9,13-14,26H,7-8,10-12H2,1H3.